The summed E-state index contributed by atoms with van der Waals surface area (Å²) >= 11 is 0. The number of nitrogens with one attached hydrogen (secondary N) is 1. The van der Waals surface area contributed by atoms with Crippen LogP contribution in [0.3, 0.4) is 0 Å². The zero-order valence-corrected chi connectivity index (χ0v) is 10.7. The van der Waals surface area contributed by atoms with Gasteiger partial charge in [-0.25, -0.2) is 4.98 Å². The van der Waals surface area contributed by atoms with E-state index in [9.17, 15) is 4.79 Å². The molecule has 6 nitrogen and oxygen atoms in total. The molecule has 3 N–H and O–H groups in total. The SMILES string of the molecule is CC(=O)Nc1ccccc1Oc1cc(N)nc(C)n1. The maximum Gasteiger partial charge on any atom is 0.224 e. The molecule has 0 fully saturated rings. The zero-order chi connectivity index (χ0) is 13.8. The summed E-state index contributed by atoms with van der Waals surface area (Å²) in [6.45, 7) is 3.16. The minimum Gasteiger partial charge on any atom is -0.437 e. The molecule has 0 spiro atoms. The van der Waals surface area contributed by atoms with Crippen molar-refractivity contribution in [2.75, 3.05) is 11.1 Å². The average molecular weight is 258 g/mol. The number of carbonyl (C=O) groups is 1. The first-order chi connectivity index (χ1) is 9.04. The summed E-state index contributed by atoms with van der Waals surface area (Å²) in [6.07, 6.45) is 0. The van der Waals surface area contributed by atoms with Crippen molar-refractivity contribution in [3.8, 4) is 11.6 Å². The van der Waals surface area contributed by atoms with E-state index in [1.165, 1.54) is 13.0 Å². The van der Waals surface area contributed by atoms with Gasteiger partial charge >= 0.3 is 0 Å². The third-order valence-electron chi connectivity index (χ3n) is 2.25. The summed E-state index contributed by atoms with van der Waals surface area (Å²) in [5.41, 5.74) is 6.20. The molecule has 0 atom stereocenters. The van der Waals surface area contributed by atoms with Crippen molar-refractivity contribution in [3.05, 3.63) is 36.2 Å². The minimum atomic E-state index is -0.172. The summed E-state index contributed by atoms with van der Waals surface area (Å²) < 4.78 is 5.63. The number of aromatic nitrogens is 2. The van der Waals surface area contributed by atoms with E-state index in [1.807, 2.05) is 0 Å². The van der Waals surface area contributed by atoms with Crippen LogP contribution in [0.4, 0.5) is 11.5 Å². The monoisotopic (exact) mass is 258 g/mol. The highest BCUT2D eigenvalue weighted by atomic mass is 16.5. The second kappa shape index (κ2) is 5.34. The first-order valence-corrected chi connectivity index (χ1v) is 5.70. The molecule has 0 radical (unpaired) electrons. The van der Waals surface area contributed by atoms with Gasteiger partial charge in [-0.2, -0.15) is 4.98 Å². The summed E-state index contributed by atoms with van der Waals surface area (Å²) in [5, 5.41) is 2.68. The summed E-state index contributed by atoms with van der Waals surface area (Å²) in [5.74, 6) is 1.51. The number of ether oxygens (including phenoxy) is 1. The third-order valence-corrected chi connectivity index (χ3v) is 2.25. The molecule has 19 heavy (non-hydrogen) atoms. The Labute approximate surface area is 110 Å². The Morgan fingerprint density at radius 3 is 2.74 bits per heavy atom. The number of hydrogen-bond acceptors (Lipinski definition) is 5. The Kier molecular flexibility index (Phi) is 3.61. The third kappa shape index (κ3) is 3.41. The predicted molar refractivity (Wildman–Crippen MR) is 72.0 cm³/mol. The Morgan fingerprint density at radius 1 is 1.32 bits per heavy atom. The number of benzene rings is 1. The lowest BCUT2D eigenvalue weighted by Crippen LogP contribution is -2.07. The number of carbonyl (C=O) groups excluding carboxylic acids is 1. The van der Waals surface area contributed by atoms with E-state index >= 15 is 0 Å². The summed E-state index contributed by atoms with van der Waals surface area (Å²) in [4.78, 5) is 19.2. The number of hydrogen-bond donors (Lipinski definition) is 2. The summed E-state index contributed by atoms with van der Waals surface area (Å²) in [7, 11) is 0. The topological polar surface area (TPSA) is 90.1 Å². The summed E-state index contributed by atoms with van der Waals surface area (Å²) in [6, 6.07) is 8.61. The van der Waals surface area contributed by atoms with Gasteiger partial charge in [0.05, 0.1) is 5.69 Å². The van der Waals surface area contributed by atoms with Crippen LogP contribution >= 0.6 is 0 Å². The van der Waals surface area contributed by atoms with Gasteiger partial charge in [0.1, 0.15) is 11.6 Å². The van der Waals surface area contributed by atoms with Crippen molar-refractivity contribution in [2.24, 2.45) is 0 Å². The van der Waals surface area contributed by atoms with E-state index in [0.29, 0.717) is 29.0 Å². The van der Waals surface area contributed by atoms with Gasteiger partial charge in [0.25, 0.3) is 0 Å². The van der Waals surface area contributed by atoms with Crippen LogP contribution in [0.15, 0.2) is 30.3 Å². The predicted octanol–water partition coefficient (Wildman–Crippen LogP) is 2.12. The van der Waals surface area contributed by atoms with Crippen LogP contribution in [0, 0.1) is 6.92 Å². The smallest absolute Gasteiger partial charge is 0.224 e. The maximum absolute atomic E-state index is 11.1. The largest absolute Gasteiger partial charge is 0.437 e. The number of nitrogens with zero attached hydrogens (tertiary/aromatic N) is 2. The van der Waals surface area contributed by atoms with E-state index in [2.05, 4.69) is 15.3 Å². The molecular weight excluding hydrogens is 244 g/mol. The van der Waals surface area contributed by atoms with Crippen LogP contribution in [0.2, 0.25) is 0 Å². The molecule has 0 saturated carbocycles. The number of nitrogens with two attached hydrogens (primary N) is 1. The van der Waals surface area contributed by atoms with Gasteiger partial charge in [0, 0.05) is 13.0 Å². The fourth-order valence-corrected chi connectivity index (χ4v) is 1.58. The highest BCUT2D eigenvalue weighted by Gasteiger charge is 2.07. The first-order valence-electron chi connectivity index (χ1n) is 5.70. The quantitative estimate of drug-likeness (QED) is 0.880. The molecule has 1 aromatic carbocycles. The van der Waals surface area contributed by atoms with Crippen molar-refractivity contribution in [2.45, 2.75) is 13.8 Å². The van der Waals surface area contributed by atoms with E-state index in [-0.39, 0.29) is 5.91 Å². The molecule has 1 aromatic heterocycles. The standard InChI is InChI=1S/C13H14N4O2/c1-8-15-12(14)7-13(16-8)19-11-6-4-3-5-10(11)17-9(2)18/h3-7H,1-2H3,(H,17,18)(H2,14,15,16). The van der Waals surface area contributed by atoms with E-state index < -0.39 is 0 Å². The van der Waals surface area contributed by atoms with Gasteiger partial charge in [-0.05, 0) is 19.1 Å². The molecule has 98 valence electrons. The van der Waals surface area contributed by atoms with Gasteiger partial charge in [0.15, 0.2) is 5.75 Å². The van der Waals surface area contributed by atoms with Crippen LogP contribution in [-0.4, -0.2) is 15.9 Å². The Hall–Kier alpha value is -2.63. The highest BCUT2D eigenvalue weighted by molar-refractivity contribution is 5.90. The molecule has 2 aromatic rings. The van der Waals surface area contributed by atoms with Crippen LogP contribution < -0.4 is 15.8 Å². The zero-order valence-electron chi connectivity index (χ0n) is 10.7. The van der Waals surface area contributed by atoms with Gasteiger partial charge in [-0.3, -0.25) is 4.79 Å². The van der Waals surface area contributed by atoms with Crippen molar-refractivity contribution in [3.63, 3.8) is 0 Å². The van der Waals surface area contributed by atoms with E-state index in [4.69, 9.17) is 10.5 Å². The maximum atomic E-state index is 11.1. The van der Waals surface area contributed by atoms with Crippen LogP contribution in [0.1, 0.15) is 12.7 Å². The van der Waals surface area contributed by atoms with Gasteiger partial charge in [-0.15, -0.1) is 0 Å². The normalized spacial score (nSPS) is 10.0. The number of nitrogen functional groups attached to an aromatic ring is 1. The first kappa shape index (κ1) is 12.8. The number of anilines is 2. The van der Waals surface area contributed by atoms with Crippen molar-refractivity contribution < 1.29 is 9.53 Å². The lowest BCUT2D eigenvalue weighted by atomic mass is 10.3. The molecule has 2 rings (SSSR count). The van der Waals surface area contributed by atoms with Crippen LogP contribution in [0.25, 0.3) is 0 Å². The minimum absolute atomic E-state index is 0.172. The lowest BCUT2D eigenvalue weighted by molar-refractivity contribution is -0.114. The Morgan fingerprint density at radius 2 is 2.05 bits per heavy atom. The highest BCUT2D eigenvalue weighted by Crippen LogP contribution is 2.28. The Bertz CT molecular complexity index is 593. The molecule has 0 aliphatic heterocycles. The number of aryl methyl sites for hydroxylation is 1. The van der Waals surface area contributed by atoms with Gasteiger partial charge in [0.2, 0.25) is 11.8 Å². The van der Waals surface area contributed by atoms with E-state index in [0.717, 1.165) is 0 Å². The van der Waals surface area contributed by atoms with Gasteiger partial charge in [-0.1, -0.05) is 12.1 Å². The van der Waals surface area contributed by atoms with E-state index in [1.54, 1.807) is 31.2 Å². The fourth-order valence-electron chi connectivity index (χ4n) is 1.58. The average Bonchev–Trinajstić information content (AvgIpc) is 2.29. The molecule has 0 unspecified atom stereocenters. The van der Waals surface area contributed by atoms with Crippen LogP contribution in [0.5, 0.6) is 11.6 Å². The van der Waals surface area contributed by atoms with Crippen LogP contribution in [-0.2, 0) is 4.79 Å². The van der Waals surface area contributed by atoms with Crippen molar-refractivity contribution >= 4 is 17.4 Å². The number of rotatable bonds is 3. The van der Waals surface area contributed by atoms with Crippen molar-refractivity contribution in [1.29, 1.82) is 0 Å². The lowest BCUT2D eigenvalue weighted by Gasteiger charge is -2.11. The number of para-hydroxylation sites is 2. The molecule has 1 heterocycles. The second-order valence-electron chi connectivity index (χ2n) is 3.96. The molecule has 0 aliphatic rings. The molecule has 1 amide bonds. The fraction of sp³-hybridized carbons (Fsp3) is 0.154. The molecule has 0 aliphatic carbocycles. The number of amides is 1. The molecule has 0 saturated heterocycles. The molecule has 6 heteroatoms. The van der Waals surface area contributed by atoms with Crippen molar-refractivity contribution in [1.82, 2.24) is 9.97 Å². The molecular formula is C13H14N4O2. The van der Waals surface area contributed by atoms with Gasteiger partial charge < -0.3 is 15.8 Å². The second-order valence-corrected chi connectivity index (χ2v) is 3.96. The Balaban J connectivity index is 2.29. The molecule has 0 bridgehead atoms.